The maximum atomic E-state index is 5.77. The topological polar surface area (TPSA) is 82.8 Å². The Morgan fingerprint density at radius 1 is 1.31 bits per heavy atom. The van der Waals surface area contributed by atoms with Crippen molar-refractivity contribution in [2.75, 3.05) is 5.73 Å². The van der Waals surface area contributed by atoms with Crippen molar-refractivity contribution < 1.29 is 4.42 Å². The molecule has 0 aliphatic rings. The average molecular weight is 221 g/mol. The summed E-state index contributed by atoms with van der Waals surface area (Å²) in [6, 6.07) is 0. The van der Waals surface area contributed by atoms with E-state index in [9.17, 15) is 0 Å². The van der Waals surface area contributed by atoms with E-state index in [1.165, 1.54) is 0 Å². The van der Waals surface area contributed by atoms with Crippen molar-refractivity contribution in [1.29, 1.82) is 0 Å². The highest BCUT2D eigenvalue weighted by atomic mass is 16.4. The van der Waals surface area contributed by atoms with E-state index >= 15 is 0 Å². The van der Waals surface area contributed by atoms with Gasteiger partial charge >= 0.3 is 0 Å². The molecule has 0 radical (unpaired) electrons. The molecule has 2 aromatic heterocycles. The van der Waals surface area contributed by atoms with Crippen LogP contribution in [0.25, 0.3) is 0 Å². The van der Waals surface area contributed by atoms with Crippen LogP contribution in [0.15, 0.2) is 10.6 Å². The van der Waals surface area contributed by atoms with Crippen LogP contribution < -0.4 is 5.73 Å². The molecule has 0 aliphatic heterocycles. The van der Waals surface area contributed by atoms with Crippen molar-refractivity contribution in [3.63, 3.8) is 0 Å². The lowest BCUT2D eigenvalue weighted by atomic mass is 10.1. The highest BCUT2D eigenvalue weighted by Gasteiger charge is 2.30. The highest BCUT2D eigenvalue weighted by molar-refractivity contribution is 5.40. The molecular weight excluding hydrogens is 206 g/mol. The van der Waals surface area contributed by atoms with E-state index in [0.29, 0.717) is 17.5 Å². The first kappa shape index (κ1) is 10.7. The SMILES string of the molecule is Cc1nnc(C(C)(C)n2cc(N)c(C)n2)o1. The van der Waals surface area contributed by atoms with Gasteiger partial charge in [-0.05, 0) is 20.8 Å². The van der Waals surface area contributed by atoms with Crippen LogP contribution in [0.5, 0.6) is 0 Å². The minimum absolute atomic E-state index is 0.496. The molecule has 0 aliphatic carbocycles. The van der Waals surface area contributed by atoms with Gasteiger partial charge in [-0.2, -0.15) is 5.10 Å². The van der Waals surface area contributed by atoms with Gasteiger partial charge in [0.05, 0.1) is 11.4 Å². The van der Waals surface area contributed by atoms with Gasteiger partial charge in [0.1, 0.15) is 5.54 Å². The molecule has 0 unspecified atom stereocenters. The van der Waals surface area contributed by atoms with Crippen LogP contribution in [-0.4, -0.2) is 20.0 Å². The summed E-state index contributed by atoms with van der Waals surface area (Å²) in [5, 5.41) is 12.2. The number of anilines is 1. The summed E-state index contributed by atoms with van der Waals surface area (Å²) in [6.07, 6.45) is 1.77. The van der Waals surface area contributed by atoms with Crippen LogP contribution in [0.2, 0.25) is 0 Å². The molecule has 16 heavy (non-hydrogen) atoms. The second kappa shape index (κ2) is 3.33. The molecule has 0 bridgehead atoms. The standard InChI is InChI=1S/C10H15N5O/c1-6-8(11)5-15(14-6)10(3,4)9-13-12-7(2)16-9/h5H,11H2,1-4H3. The quantitative estimate of drug-likeness (QED) is 0.825. The monoisotopic (exact) mass is 221 g/mol. The Morgan fingerprint density at radius 2 is 2.00 bits per heavy atom. The number of nitrogen functional groups attached to an aromatic ring is 1. The minimum Gasteiger partial charge on any atom is -0.423 e. The summed E-state index contributed by atoms with van der Waals surface area (Å²) in [6.45, 7) is 7.52. The molecule has 6 heteroatoms. The normalized spacial score (nSPS) is 12.0. The molecule has 0 spiro atoms. The predicted molar refractivity (Wildman–Crippen MR) is 58.8 cm³/mol. The third-order valence-electron chi connectivity index (χ3n) is 2.56. The summed E-state index contributed by atoms with van der Waals surface area (Å²) in [4.78, 5) is 0. The van der Waals surface area contributed by atoms with Crippen molar-refractivity contribution in [2.24, 2.45) is 0 Å². The van der Waals surface area contributed by atoms with Crippen molar-refractivity contribution in [3.8, 4) is 0 Å². The van der Waals surface area contributed by atoms with E-state index in [1.54, 1.807) is 17.8 Å². The van der Waals surface area contributed by atoms with Crippen molar-refractivity contribution in [2.45, 2.75) is 33.2 Å². The van der Waals surface area contributed by atoms with E-state index in [2.05, 4.69) is 15.3 Å². The summed E-state index contributed by atoms with van der Waals surface area (Å²) in [5.74, 6) is 1.06. The Labute approximate surface area is 93.5 Å². The number of nitrogens with zero attached hydrogens (tertiary/aromatic N) is 4. The Hall–Kier alpha value is -1.85. The molecule has 0 amide bonds. The lowest BCUT2D eigenvalue weighted by Gasteiger charge is -2.20. The number of aryl methyl sites for hydroxylation is 2. The fourth-order valence-electron chi connectivity index (χ4n) is 1.40. The van der Waals surface area contributed by atoms with Crippen LogP contribution in [0, 0.1) is 13.8 Å². The zero-order chi connectivity index (χ0) is 11.9. The van der Waals surface area contributed by atoms with E-state index in [4.69, 9.17) is 10.2 Å². The predicted octanol–water partition coefficient (Wildman–Crippen LogP) is 1.25. The van der Waals surface area contributed by atoms with Crippen molar-refractivity contribution >= 4 is 5.69 Å². The van der Waals surface area contributed by atoms with Gasteiger partial charge in [-0.3, -0.25) is 4.68 Å². The first-order chi connectivity index (χ1) is 7.41. The summed E-state index contributed by atoms with van der Waals surface area (Å²) >= 11 is 0. The van der Waals surface area contributed by atoms with E-state index in [-0.39, 0.29) is 0 Å². The van der Waals surface area contributed by atoms with Crippen LogP contribution in [0.3, 0.4) is 0 Å². The third-order valence-corrected chi connectivity index (χ3v) is 2.56. The maximum absolute atomic E-state index is 5.77. The molecule has 6 nitrogen and oxygen atoms in total. The Bertz CT molecular complexity index is 492. The first-order valence-electron chi connectivity index (χ1n) is 5.04. The number of nitrogens with two attached hydrogens (primary N) is 1. The number of rotatable bonds is 2. The molecule has 2 rings (SSSR count). The molecule has 2 aromatic rings. The lowest BCUT2D eigenvalue weighted by Crippen LogP contribution is -2.28. The molecule has 2 heterocycles. The van der Waals surface area contributed by atoms with Gasteiger partial charge < -0.3 is 10.2 Å². The van der Waals surface area contributed by atoms with Gasteiger partial charge in [0, 0.05) is 13.1 Å². The van der Waals surface area contributed by atoms with Gasteiger partial charge in [-0.1, -0.05) is 0 Å². The van der Waals surface area contributed by atoms with Gasteiger partial charge in [0.25, 0.3) is 0 Å². The van der Waals surface area contributed by atoms with Gasteiger partial charge in [-0.25, -0.2) is 0 Å². The van der Waals surface area contributed by atoms with Gasteiger partial charge in [0.2, 0.25) is 11.8 Å². The molecule has 2 N–H and O–H groups in total. The highest BCUT2D eigenvalue weighted by Crippen LogP contribution is 2.25. The Kier molecular flexibility index (Phi) is 2.22. The van der Waals surface area contributed by atoms with E-state index < -0.39 is 5.54 Å². The fourth-order valence-corrected chi connectivity index (χ4v) is 1.40. The molecule has 86 valence electrons. The van der Waals surface area contributed by atoms with E-state index in [0.717, 1.165) is 5.69 Å². The lowest BCUT2D eigenvalue weighted by molar-refractivity contribution is 0.292. The second-order valence-electron chi connectivity index (χ2n) is 4.30. The number of hydrogen-bond donors (Lipinski definition) is 1. The Morgan fingerprint density at radius 3 is 2.44 bits per heavy atom. The largest absolute Gasteiger partial charge is 0.423 e. The summed E-state index contributed by atoms with van der Waals surface area (Å²) in [7, 11) is 0. The molecule has 0 aromatic carbocycles. The second-order valence-corrected chi connectivity index (χ2v) is 4.30. The van der Waals surface area contributed by atoms with Crippen LogP contribution in [-0.2, 0) is 5.54 Å². The molecular formula is C10H15N5O. The minimum atomic E-state index is -0.496. The first-order valence-corrected chi connectivity index (χ1v) is 5.04. The van der Waals surface area contributed by atoms with Crippen LogP contribution >= 0.6 is 0 Å². The number of hydrogen-bond acceptors (Lipinski definition) is 5. The smallest absolute Gasteiger partial charge is 0.243 e. The molecule has 0 atom stereocenters. The molecule has 0 saturated carbocycles. The summed E-state index contributed by atoms with van der Waals surface area (Å²) in [5.41, 5.74) is 6.73. The van der Waals surface area contributed by atoms with Crippen molar-refractivity contribution in [3.05, 3.63) is 23.7 Å². The summed E-state index contributed by atoms with van der Waals surface area (Å²) < 4.78 is 7.17. The Balaban J connectivity index is 2.45. The van der Waals surface area contributed by atoms with Crippen molar-refractivity contribution in [1.82, 2.24) is 20.0 Å². The maximum Gasteiger partial charge on any atom is 0.243 e. The fraction of sp³-hybridized carbons (Fsp3) is 0.500. The molecule has 0 saturated heterocycles. The van der Waals surface area contributed by atoms with Gasteiger partial charge in [0.15, 0.2) is 0 Å². The average Bonchev–Trinajstić information content (AvgIpc) is 2.75. The van der Waals surface area contributed by atoms with E-state index in [1.807, 2.05) is 20.8 Å². The van der Waals surface area contributed by atoms with Crippen LogP contribution in [0.1, 0.15) is 31.3 Å². The van der Waals surface area contributed by atoms with Crippen LogP contribution in [0.4, 0.5) is 5.69 Å². The third kappa shape index (κ3) is 1.56. The number of aromatic nitrogens is 4. The zero-order valence-electron chi connectivity index (χ0n) is 9.85. The van der Waals surface area contributed by atoms with Gasteiger partial charge in [-0.15, -0.1) is 10.2 Å². The zero-order valence-corrected chi connectivity index (χ0v) is 9.85. The molecule has 0 fully saturated rings.